The third-order valence-corrected chi connectivity index (χ3v) is 18.0. The Labute approximate surface area is 460 Å². The molecule has 2 aromatic heterocycles. The Bertz CT molecular complexity index is 4650. The van der Waals surface area contributed by atoms with Crippen molar-refractivity contribution in [3.8, 4) is 99.9 Å². The summed E-state index contributed by atoms with van der Waals surface area (Å²) in [5.41, 5.74) is 22.3. The number of pyridine rings is 1. The predicted octanol–water partition coefficient (Wildman–Crippen LogP) is 18.4. The molecule has 0 fully saturated rings. The van der Waals surface area contributed by atoms with Gasteiger partial charge in [0, 0.05) is 49.9 Å². The lowest BCUT2D eigenvalue weighted by atomic mass is 9.65. The molecule has 2 spiro atoms. The molecule has 1 unspecified atom stereocenters. The fourth-order valence-electron chi connectivity index (χ4n) is 13.7. The van der Waals surface area contributed by atoms with E-state index in [2.05, 4.69) is 248 Å². The third kappa shape index (κ3) is 6.23. The maximum atomic E-state index is 7.09. The van der Waals surface area contributed by atoms with Gasteiger partial charge in [-0.25, -0.2) is 4.98 Å². The molecule has 4 heterocycles. The monoisotopic (exact) mass is 1030 g/mol. The molecule has 4 aliphatic rings. The van der Waals surface area contributed by atoms with Crippen molar-refractivity contribution in [3.63, 3.8) is 0 Å². The number of fused-ring (bicyclic) bond motifs is 19. The van der Waals surface area contributed by atoms with Gasteiger partial charge >= 0.3 is 0 Å². The summed E-state index contributed by atoms with van der Waals surface area (Å²) >= 11 is 1.59. The highest BCUT2D eigenvalue weighted by atomic mass is 32.1. The van der Waals surface area contributed by atoms with Crippen molar-refractivity contribution in [1.29, 1.82) is 0 Å². The van der Waals surface area contributed by atoms with Crippen molar-refractivity contribution in [2.75, 3.05) is 0 Å². The van der Waals surface area contributed by atoms with Gasteiger partial charge in [0.2, 0.25) is 0 Å². The fraction of sp³-hybridized carbons (Fsp3) is 0.0274. The molecule has 0 saturated carbocycles. The highest BCUT2D eigenvalue weighted by molar-refractivity contribution is 7.17. The quantitative estimate of drug-likeness (QED) is 0.172. The van der Waals surface area contributed by atoms with Crippen LogP contribution >= 0.6 is 11.3 Å². The summed E-state index contributed by atoms with van der Waals surface area (Å²) in [6, 6.07) is 94.1. The molecule has 1 atom stereocenters. The SMILES string of the molecule is c1ccc(-c2ccc3cc(-c4ccc5c(c4)C4(c6ccccc6Oc6cc(-c7nnc(-c8ccccc8)s7)ccc64)c4ccccc4-5)cc(-c4ccc5c(c4)Oc4ccccc4C54c5ccccc5-c5ccccc54)c3n2)cc1. The second-order valence-electron chi connectivity index (χ2n) is 21.0. The minimum absolute atomic E-state index is 0.566. The van der Waals surface area contributed by atoms with Gasteiger partial charge in [0.1, 0.15) is 33.0 Å². The van der Waals surface area contributed by atoms with Gasteiger partial charge in [-0.15, -0.1) is 10.2 Å². The summed E-state index contributed by atoms with van der Waals surface area (Å²) in [6.45, 7) is 0. The summed E-state index contributed by atoms with van der Waals surface area (Å²) in [4.78, 5) is 5.52. The Morgan fingerprint density at radius 2 is 0.747 bits per heavy atom. The van der Waals surface area contributed by atoms with Crippen molar-refractivity contribution in [3.05, 3.63) is 305 Å². The van der Waals surface area contributed by atoms with Gasteiger partial charge < -0.3 is 9.47 Å². The van der Waals surface area contributed by atoms with Crippen LogP contribution in [0, 0.1) is 0 Å². The minimum atomic E-state index is -0.688. The van der Waals surface area contributed by atoms with Crippen molar-refractivity contribution in [2.24, 2.45) is 0 Å². The Morgan fingerprint density at radius 3 is 1.37 bits per heavy atom. The van der Waals surface area contributed by atoms with Crippen LogP contribution in [0.5, 0.6) is 23.0 Å². The molecule has 0 bridgehead atoms. The van der Waals surface area contributed by atoms with Crippen LogP contribution in [0.1, 0.15) is 44.5 Å². The molecule has 5 nitrogen and oxygen atoms in total. The lowest BCUT2D eigenvalue weighted by Gasteiger charge is -2.39. The van der Waals surface area contributed by atoms with E-state index in [-0.39, 0.29) is 0 Å². The molecule has 368 valence electrons. The molecule has 2 aliphatic heterocycles. The molecule has 13 aromatic rings. The normalized spacial score (nSPS) is 15.2. The number of benzene rings is 11. The number of ether oxygens (including phenoxy) is 2. The molecule has 17 rings (SSSR count). The average Bonchev–Trinajstić information content (AvgIpc) is 3.13. The number of nitrogens with zero attached hydrogens (tertiary/aromatic N) is 3. The van der Waals surface area contributed by atoms with Gasteiger partial charge in [-0.2, -0.15) is 0 Å². The highest BCUT2D eigenvalue weighted by Crippen LogP contribution is 2.64. The Hall–Kier alpha value is -10.0. The summed E-state index contributed by atoms with van der Waals surface area (Å²) in [6.07, 6.45) is 0. The second kappa shape index (κ2) is 16.7. The van der Waals surface area contributed by atoms with E-state index in [0.29, 0.717) is 0 Å². The first-order valence-corrected chi connectivity index (χ1v) is 27.6. The molecule has 6 heteroatoms. The van der Waals surface area contributed by atoms with Crippen LogP contribution in [0.2, 0.25) is 0 Å². The lowest BCUT2D eigenvalue weighted by molar-refractivity contribution is 0.436. The van der Waals surface area contributed by atoms with E-state index < -0.39 is 10.8 Å². The average molecular weight is 1030 g/mol. The number of hydrogen-bond donors (Lipinski definition) is 0. The second-order valence-corrected chi connectivity index (χ2v) is 21.9. The molecule has 2 aliphatic carbocycles. The van der Waals surface area contributed by atoms with Crippen molar-refractivity contribution < 1.29 is 9.47 Å². The molecule has 11 aromatic carbocycles. The standard InChI is InChI=1S/C73H43N3O2S/c1-3-17-44(18-4-1)64-38-34-48-39-50(40-55(69(48)74-64)47-32-36-61-67(42-47)77-65-29-15-13-27-59(65)72(61)56-24-10-7-21-51(56)52-22-8-11-25-57(52)72)46-31-35-54-53-23-9-12-26-58(53)73(63(54)41-46)60-28-14-16-30-66(60)78-68-43-49(33-37-62(68)73)71-76-75-70(79-71)45-19-5-2-6-20-45/h1-43H. The van der Waals surface area contributed by atoms with Crippen LogP contribution < -0.4 is 9.47 Å². The summed E-state index contributed by atoms with van der Waals surface area (Å²) in [5, 5.41) is 12.1. The third-order valence-electron chi connectivity index (χ3n) is 17.0. The molecule has 0 N–H and O–H groups in total. The first-order chi connectivity index (χ1) is 39.1. The molecule has 0 radical (unpaired) electrons. The lowest BCUT2D eigenvalue weighted by Crippen LogP contribution is -2.32. The zero-order valence-electron chi connectivity index (χ0n) is 42.4. The number of hydrogen-bond acceptors (Lipinski definition) is 6. The van der Waals surface area contributed by atoms with Gasteiger partial charge in [0.15, 0.2) is 0 Å². The van der Waals surface area contributed by atoms with Crippen LogP contribution in [0.4, 0.5) is 0 Å². The number of para-hydroxylation sites is 2. The molecular formula is C73H43N3O2S. The minimum Gasteiger partial charge on any atom is -0.457 e. The van der Waals surface area contributed by atoms with E-state index in [1.807, 2.05) is 18.2 Å². The van der Waals surface area contributed by atoms with E-state index >= 15 is 0 Å². The molecular weight excluding hydrogens is 983 g/mol. The number of aromatic nitrogens is 3. The highest BCUT2D eigenvalue weighted by Gasteiger charge is 2.53. The summed E-state index contributed by atoms with van der Waals surface area (Å²) < 4.78 is 14.1. The predicted molar refractivity (Wildman–Crippen MR) is 317 cm³/mol. The Morgan fingerprint density at radius 1 is 0.278 bits per heavy atom. The zero-order chi connectivity index (χ0) is 51.8. The van der Waals surface area contributed by atoms with Crippen molar-refractivity contribution >= 4 is 22.2 Å². The van der Waals surface area contributed by atoms with Gasteiger partial charge in [0.25, 0.3) is 0 Å². The van der Waals surface area contributed by atoms with E-state index in [1.54, 1.807) is 11.3 Å². The van der Waals surface area contributed by atoms with E-state index in [9.17, 15) is 0 Å². The van der Waals surface area contributed by atoms with Crippen molar-refractivity contribution in [1.82, 2.24) is 15.2 Å². The van der Waals surface area contributed by atoms with Gasteiger partial charge in [-0.1, -0.05) is 224 Å². The Balaban J connectivity index is 0.863. The first-order valence-electron chi connectivity index (χ1n) is 26.8. The van der Waals surface area contributed by atoms with Gasteiger partial charge in [-0.05, 0) is 110 Å². The van der Waals surface area contributed by atoms with E-state index in [4.69, 9.17) is 19.6 Å². The van der Waals surface area contributed by atoms with Crippen LogP contribution in [0.3, 0.4) is 0 Å². The molecule has 0 amide bonds. The smallest absolute Gasteiger partial charge is 0.148 e. The van der Waals surface area contributed by atoms with Gasteiger partial charge in [0.05, 0.1) is 22.0 Å². The van der Waals surface area contributed by atoms with E-state index in [0.717, 1.165) is 111 Å². The molecule has 0 saturated heterocycles. The number of rotatable bonds is 5. The summed E-state index contributed by atoms with van der Waals surface area (Å²) in [5.74, 6) is 3.33. The van der Waals surface area contributed by atoms with Gasteiger partial charge in [-0.3, -0.25) is 0 Å². The maximum absolute atomic E-state index is 7.09. The fourth-order valence-corrected chi connectivity index (χ4v) is 14.5. The van der Waals surface area contributed by atoms with Crippen LogP contribution in [-0.4, -0.2) is 15.2 Å². The first kappa shape index (κ1) is 44.2. The zero-order valence-corrected chi connectivity index (χ0v) is 43.2. The topological polar surface area (TPSA) is 57.1 Å². The van der Waals surface area contributed by atoms with E-state index in [1.165, 1.54) is 44.5 Å². The van der Waals surface area contributed by atoms with Crippen LogP contribution in [0.25, 0.3) is 87.8 Å². The Kier molecular flexibility index (Phi) is 9.36. The van der Waals surface area contributed by atoms with Crippen molar-refractivity contribution in [2.45, 2.75) is 10.8 Å². The maximum Gasteiger partial charge on any atom is 0.148 e. The molecule has 79 heavy (non-hydrogen) atoms. The van der Waals surface area contributed by atoms with Crippen LogP contribution in [0.15, 0.2) is 261 Å². The largest absolute Gasteiger partial charge is 0.457 e. The summed E-state index contributed by atoms with van der Waals surface area (Å²) in [7, 11) is 0. The van der Waals surface area contributed by atoms with Crippen LogP contribution in [-0.2, 0) is 10.8 Å².